The van der Waals surface area contributed by atoms with E-state index in [1.54, 1.807) is 4.52 Å². The first kappa shape index (κ1) is 34.6. The number of fused-ring (bicyclic) bond motifs is 1. The molecule has 242 valence electrons. The number of rotatable bonds is 12. The molecule has 0 aromatic carbocycles. The third kappa shape index (κ3) is 9.30. The van der Waals surface area contributed by atoms with Crippen LogP contribution in [0.15, 0.2) is 18.5 Å². The smallest absolute Gasteiger partial charge is 0.380 e. The Bertz CT molecular complexity index is 1190. The standard InChI is InChI=1S/C29H45F3N8O.C2H6/c1-6-19(3)9-8-10-23(34-20(4)7-2)25-18-40-28(35-25)36-26(39-13-11-38(5)12-14-39)24(37-40)16-21-15-22(29(30,31)32)17-33-27(21)41;1-2/h18-19,21-23,34H,4,6-17H2,1-3,5H3,(H,33,41);1-2H3/t19-,21-,22?,23?;/m1./s1. The number of nitrogens with one attached hydrogen (secondary N) is 2. The Morgan fingerprint density at radius 1 is 1.16 bits per heavy atom. The molecule has 2 aliphatic rings. The van der Waals surface area contributed by atoms with Crippen molar-refractivity contribution in [2.75, 3.05) is 44.7 Å². The van der Waals surface area contributed by atoms with Gasteiger partial charge in [-0.2, -0.15) is 23.3 Å². The predicted molar refractivity (Wildman–Crippen MR) is 165 cm³/mol. The van der Waals surface area contributed by atoms with Crippen molar-refractivity contribution >= 4 is 17.5 Å². The van der Waals surface area contributed by atoms with Gasteiger partial charge in [0.15, 0.2) is 5.82 Å². The molecule has 9 nitrogen and oxygen atoms in total. The SMILES string of the molecule is C=C(CC)NC(CCC[C@H](C)CC)c1cn2nc(C[C@H]3CC(C(F)(F)F)CNC3=O)c(N3CCN(C)CC3)nc2n1.CC. The van der Waals surface area contributed by atoms with Gasteiger partial charge in [-0.1, -0.05) is 60.5 Å². The number of hydrogen-bond donors (Lipinski definition) is 2. The number of imidazole rings is 1. The van der Waals surface area contributed by atoms with Gasteiger partial charge in [0.25, 0.3) is 5.78 Å². The quantitative estimate of drug-likeness (QED) is 0.328. The van der Waals surface area contributed by atoms with Crippen LogP contribution in [-0.2, 0) is 11.2 Å². The second-order valence-corrected chi connectivity index (χ2v) is 11.8. The summed E-state index contributed by atoms with van der Waals surface area (Å²) in [5.41, 5.74) is 2.25. The summed E-state index contributed by atoms with van der Waals surface area (Å²) >= 11 is 0. The Balaban J connectivity index is 0.00000248. The van der Waals surface area contributed by atoms with Gasteiger partial charge >= 0.3 is 6.18 Å². The van der Waals surface area contributed by atoms with Gasteiger partial charge in [0.2, 0.25) is 5.91 Å². The predicted octanol–water partition coefficient (Wildman–Crippen LogP) is 5.53. The molecule has 0 spiro atoms. The zero-order chi connectivity index (χ0) is 31.7. The highest BCUT2D eigenvalue weighted by atomic mass is 19.4. The van der Waals surface area contributed by atoms with Crippen molar-refractivity contribution in [3.05, 3.63) is 29.9 Å². The lowest BCUT2D eigenvalue weighted by atomic mass is 9.86. The Hall–Kier alpha value is -2.89. The molecule has 2 aromatic heterocycles. The molecule has 4 atom stereocenters. The number of aromatic nitrogens is 4. The highest BCUT2D eigenvalue weighted by Gasteiger charge is 2.45. The monoisotopic (exact) mass is 608 g/mol. The molecule has 0 aliphatic carbocycles. The van der Waals surface area contributed by atoms with Gasteiger partial charge in [0.1, 0.15) is 5.69 Å². The van der Waals surface area contributed by atoms with E-state index in [0.717, 1.165) is 56.6 Å². The molecule has 12 heteroatoms. The van der Waals surface area contributed by atoms with Crippen molar-refractivity contribution < 1.29 is 18.0 Å². The second kappa shape index (κ2) is 15.7. The van der Waals surface area contributed by atoms with Crippen LogP contribution in [0.4, 0.5) is 19.0 Å². The van der Waals surface area contributed by atoms with Gasteiger partial charge in [0, 0.05) is 50.8 Å². The number of allylic oxidation sites excluding steroid dienone is 1. The van der Waals surface area contributed by atoms with Crippen molar-refractivity contribution in [1.29, 1.82) is 0 Å². The normalized spacial score (nSPS) is 21.1. The van der Waals surface area contributed by atoms with E-state index in [-0.39, 0.29) is 31.3 Å². The fourth-order valence-electron chi connectivity index (χ4n) is 5.51. The molecule has 4 heterocycles. The van der Waals surface area contributed by atoms with Crippen LogP contribution in [0.5, 0.6) is 0 Å². The van der Waals surface area contributed by atoms with Gasteiger partial charge in [-0.15, -0.1) is 0 Å². The number of alkyl halides is 3. The Labute approximate surface area is 254 Å². The van der Waals surface area contributed by atoms with Crippen molar-refractivity contribution in [2.45, 2.75) is 91.8 Å². The van der Waals surface area contributed by atoms with E-state index >= 15 is 0 Å². The maximum atomic E-state index is 13.5. The summed E-state index contributed by atoms with van der Waals surface area (Å²) in [5.74, 6) is -1.08. The van der Waals surface area contributed by atoms with E-state index in [1.165, 1.54) is 0 Å². The van der Waals surface area contributed by atoms with Crippen molar-refractivity contribution in [2.24, 2.45) is 17.8 Å². The molecular formula is C31H51F3N8O. The molecule has 0 saturated carbocycles. The van der Waals surface area contributed by atoms with Crippen LogP contribution in [0.1, 0.15) is 90.6 Å². The van der Waals surface area contributed by atoms with Crippen LogP contribution in [0.2, 0.25) is 0 Å². The average Bonchev–Trinajstić information content (AvgIpc) is 3.41. The van der Waals surface area contributed by atoms with Gasteiger partial charge in [-0.3, -0.25) is 4.79 Å². The molecule has 0 radical (unpaired) electrons. The largest absolute Gasteiger partial charge is 0.393 e. The number of halogens is 3. The van der Waals surface area contributed by atoms with Crippen LogP contribution in [0.3, 0.4) is 0 Å². The molecule has 0 bridgehead atoms. The number of carbonyl (C=O) groups excluding carboxylic acids is 1. The number of carbonyl (C=O) groups is 1. The number of amides is 1. The molecule has 1 amide bonds. The summed E-state index contributed by atoms with van der Waals surface area (Å²) in [5, 5.41) is 10.8. The lowest BCUT2D eigenvalue weighted by Crippen LogP contribution is -2.48. The minimum atomic E-state index is -4.36. The van der Waals surface area contributed by atoms with Gasteiger partial charge in [0.05, 0.1) is 23.9 Å². The van der Waals surface area contributed by atoms with Crippen LogP contribution in [0, 0.1) is 17.8 Å². The summed E-state index contributed by atoms with van der Waals surface area (Å²) in [4.78, 5) is 26.8. The fraction of sp³-hybridized carbons (Fsp3) is 0.742. The Morgan fingerprint density at radius 2 is 1.86 bits per heavy atom. The average molecular weight is 609 g/mol. The number of likely N-dealkylation sites (N-methyl/N-ethyl adjacent to an activating group) is 1. The minimum Gasteiger partial charge on any atom is -0.380 e. The lowest BCUT2D eigenvalue weighted by molar-refractivity contribution is -0.183. The number of piperidine rings is 1. The maximum absolute atomic E-state index is 13.5. The number of nitrogens with zero attached hydrogens (tertiary/aromatic N) is 6. The maximum Gasteiger partial charge on any atom is 0.393 e. The first-order chi connectivity index (χ1) is 20.5. The molecule has 2 N–H and O–H groups in total. The van der Waals surface area contributed by atoms with Crippen LogP contribution in [-0.4, -0.2) is 76.3 Å². The Kier molecular flexibility index (Phi) is 12.6. The molecule has 2 aliphatic heterocycles. The first-order valence-electron chi connectivity index (χ1n) is 16.0. The summed E-state index contributed by atoms with van der Waals surface area (Å²) in [6.45, 7) is 17.3. The lowest BCUT2D eigenvalue weighted by Gasteiger charge is -2.34. The summed E-state index contributed by atoms with van der Waals surface area (Å²) in [7, 11) is 2.05. The van der Waals surface area contributed by atoms with E-state index in [4.69, 9.17) is 15.1 Å². The highest BCUT2D eigenvalue weighted by Crippen LogP contribution is 2.35. The van der Waals surface area contributed by atoms with Crippen molar-refractivity contribution in [3.63, 3.8) is 0 Å². The van der Waals surface area contributed by atoms with E-state index in [0.29, 0.717) is 36.3 Å². The van der Waals surface area contributed by atoms with E-state index in [1.807, 2.05) is 20.0 Å². The molecular weight excluding hydrogens is 557 g/mol. The fourth-order valence-corrected chi connectivity index (χ4v) is 5.51. The zero-order valence-corrected chi connectivity index (χ0v) is 26.8. The zero-order valence-electron chi connectivity index (χ0n) is 26.8. The summed E-state index contributed by atoms with van der Waals surface area (Å²) in [6.07, 6.45) is 2.29. The van der Waals surface area contributed by atoms with Crippen LogP contribution >= 0.6 is 0 Å². The second-order valence-electron chi connectivity index (χ2n) is 11.8. The highest BCUT2D eigenvalue weighted by molar-refractivity contribution is 5.80. The van der Waals surface area contributed by atoms with Gasteiger partial charge in [-0.05, 0) is 32.2 Å². The summed E-state index contributed by atoms with van der Waals surface area (Å²) < 4.78 is 42.2. The third-order valence-electron chi connectivity index (χ3n) is 8.60. The van der Waals surface area contributed by atoms with Crippen molar-refractivity contribution in [3.8, 4) is 0 Å². The molecule has 2 fully saturated rings. The molecule has 4 rings (SSSR count). The molecule has 43 heavy (non-hydrogen) atoms. The van der Waals surface area contributed by atoms with Crippen LogP contribution in [0.25, 0.3) is 5.78 Å². The Morgan fingerprint density at radius 3 is 2.49 bits per heavy atom. The topological polar surface area (TPSA) is 90.7 Å². The van der Waals surface area contributed by atoms with Crippen LogP contribution < -0.4 is 15.5 Å². The van der Waals surface area contributed by atoms with Gasteiger partial charge < -0.3 is 20.4 Å². The summed E-state index contributed by atoms with van der Waals surface area (Å²) in [6, 6.07) is -0.0535. The molecule has 2 aromatic rings. The molecule has 2 unspecified atom stereocenters. The number of hydrogen-bond acceptors (Lipinski definition) is 7. The molecule has 2 saturated heterocycles. The van der Waals surface area contributed by atoms with Crippen molar-refractivity contribution in [1.82, 2.24) is 35.1 Å². The van der Waals surface area contributed by atoms with E-state index in [2.05, 4.69) is 54.8 Å². The number of piperazine rings is 1. The third-order valence-corrected chi connectivity index (χ3v) is 8.60. The minimum absolute atomic E-state index is 0.0535. The first-order valence-corrected chi connectivity index (χ1v) is 16.0. The van der Waals surface area contributed by atoms with Gasteiger partial charge in [-0.25, -0.2) is 9.50 Å². The van der Waals surface area contributed by atoms with E-state index < -0.39 is 18.0 Å². The van der Waals surface area contributed by atoms with E-state index in [9.17, 15) is 18.0 Å². The number of anilines is 1.